The Labute approximate surface area is 107 Å². The Bertz CT molecular complexity index is 416. The van der Waals surface area contributed by atoms with Crippen LogP contribution < -0.4 is 10.6 Å². The van der Waals surface area contributed by atoms with Gasteiger partial charge in [-0.05, 0) is 31.9 Å². The van der Waals surface area contributed by atoms with Crippen LogP contribution in [0.1, 0.15) is 32.6 Å². The summed E-state index contributed by atoms with van der Waals surface area (Å²) in [7, 11) is 0. The molecule has 1 aromatic rings. The number of carbonyl (C=O) groups excluding carboxylic acids is 1. The molecule has 1 unspecified atom stereocenters. The molecular weight excluding hydrogens is 231 g/mol. The van der Waals surface area contributed by atoms with Crippen molar-refractivity contribution in [2.75, 3.05) is 5.32 Å². The van der Waals surface area contributed by atoms with Crippen molar-refractivity contribution >= 4 is 11.6 Å². The third-order valence-electron chi connectivity index (χ3n) is 3.34. The van der Waals surface area contributed by atoms with Crippen LogP contribution in [0.25, 0.3) is 0 Å². The van der Waals surface area contributed by atoms with Crippen LogP contribution in [0.5, 0.6) is 0 Å². The van der Waals surface area contributed by atoms with E-state index < -0.39 is 6.04 Å². The van der Waals surface area contributed by atoms with Crippen LogP contribution in [0.3, 0.4) is 0 Å². The predicted octanol–water partition coefficient (Wildman–Crippen LogP) is 2.68. The van der Waals surface area contributed by atoms with Crippen LogP contribution in [0.4, 0.5) is 10.1 Å². The summed E-state index contributed by atoms with van der Waals surface area (Å²) in [6.07, 6.45) is 4.47. The molecule has 1 aliphatic rings. The normalized spacial score (nSPS) is 17.4. The fraction of sp³-hybridized carbons (Fsp3) is 0.500. The smallest absolute Gasteiger partial charge is 0.242 e. The molecule has 1 amide bonds. The molecule has 18 heavy (non-hydrogen) atoms. The van der Waals surface area contributed by atoms with Gasteiger partial charge in [-0.1, -0.05) is 25.0 Å². The highest BCUT2D eigenvalue weighted by atomic mass is 19.1. The number of halogens is 1. The molecule has 0 saturated heterocycles. The summed E-state index contributed by atoms with van der Waals surface area (Å²) in [5, 5.41) is 5.89. The third kappa shape index (κ3) is 3.22. The molecule has 3 nitrogen and oxygen atoms in total. The number of anilines is 1. The number of rotatable bonds is 4. The summed E-state index contributed by atoms with van der Waals surface area (Å²) in [4.78, 5) is 11.9. The van der Waals surface area contributed by atoms with Gasteiger partial charge in [-0.3, -0.25) is 4.79 Å². The standard InChI is InChI=1S/C14H19FN2O/c1-10(14(18)17-11-6-2-3-7-11)16-13-9-5-4-8-12(13)15/h4-5,8-11,16H,2-3,6-7H2,1H3,(H,17,18). The third-order valence-corrected chi connectivity index (χ3v) is 3.34. The summed E-state index contributed by atoms with van der Waals surface area (Å²) in [6, 6.07) is 6.25. The van der Waals surface area contributed by atoms with E-state index in [9.17, 15) is 9.18 Å². The van der Waals surface area contributed by atoms with Gasteiger partial charge in [0, 0.05) is 6.04 Å². The van der Waals surface area contributed by atoms with Crippen molar-refractivity contribution in [3.8, 4) is 0 Å². The van der Waals surface area contributed by atoms with Crippen LogP contribution >= 0.6 is 0 Å². The van der Waals surface area contributed by atoms with Crippen LogP contribution in [-0.2, 0) is 4.79 Å². The summed E-state index contributed by atoms with van der Waals surface area (Å²) in [5.74, 6) is -0.400. The number of hydrogen-bond acceptors (Lipinski definition) is 2. The molecule has 0 aliphatic heterocycles. The number of nitrogens with one attached hydrogen (secondary N) is 2. The first-order chi connectivity index (χ1) is 8.66. The van der Waals surface area contributed by atoms with Crippen molar-refractivity contribution in [3.63, 3.8) is 0 Å². The van der Waals surface area contributed by atoms with E-state index in [4.69, 9.17) is 0 Å². The molecule has 0 heterocycles. The van der Waals surface area contributed by atoms with Crippen LogP contribution in [0.15, 0.2) is 24.3 Å². The lowest BCUT2D eigenvalue weighted by Crippen LogP contribution is -2.42. The van der Waals surface area contributed by atoms with Gasteiger partial charge in [0.1, 0.15) is 11.9 Å². The maximum atomic E-state index is 13.4. The van der Waals surface area contributed by atoms with Crippen LogP contribution in [0, 0.1) is 5.82 Å². The molecule has 2 N–H and O–H groups in total. The maximum absolute atomic E-state index is 13.4. The molecule has 1 atom stereocenters. The first kappa shape index (κ1) is 12.9. The highest BCUT2D eigenvalue weighted by molar-refractivity contribution is 5.84. The zero-order chi connectivity index (χ0) is 13.0. The largest absolute Gasteiger partial charge is 0.372 e. The van der Waals surface area contributed by atoms with E-state index in [-0.39, 0.29) is 11.7 Å². The number of amides is 1. The highest BCUT2D eigenvalue weighted by Crippen LogP contribution is 2.18. The van der Waals surface area contributed by atoms with Gasteiger partial charge in [0.15, 0.2) is 0 Å². The highest BCUT2D eigenvalue weighted by Gasteiger charge is 2.20. The maximum Gasteiger partial charge on any atom is 0.242 e. The Morgan fingerprint density at radius 2 is 2.00 bits per heavy atom. The average molecular weight is 250 g/mol. The Morgan fingerprint density at radius 3 is 2.67 bits per heavy atom. The molecule has 1 aromatic carbocycles. The zero-order valence-electron chi connectivity index (χ0n) is 10.6. The second kappa shape index (κ2) is 5.85. The predicted molar refractivity (Wildman–Crippen MR) is 69.9 cm³/mol. The molecule has 98 valence electrons. The summed E-state index contributed by atoms with van der Waals surface area (Å²) < 4.78 is 13.4. The lowest BCUT2D eigenvalue weighted by molar-refractivity contribution is -0.122. The van der Waals surface area contributed by atoms with Gasteiger partial charge < -0.3 is 10.6 Å². The Balaban J connectivity index is 1.89. The van der Waals surface area contributed by atoms with Gasteiger partial charge in [0.25, 0.3) is 0 Å². The SMILES string of the molecule is CC(Nc1ccccc1F)C(=O)NC1CCCC1. The number of carbonyl (C=O) groups is 1. The monoisotopic (exact) mass is 250 g/mol. The second-order valence-corrected chi connectivity index (χ2v) is 4.84. The molecule has 1 aliphatic carbocycles. The summed E-state index contributed by atoms with van der Waals surface area (Å²) in [5.41, 5.74) is 0.367. The van der Waals surface area contributed by atoms with Crippen molar-refractivity contribution in [2.24, 2.45) is 0 Å². The summed E-state index contributed by atoms with van der Waals surface area (Å²) in [6.45, 7) is 1.75. The van der Waals surface area contributed by atoms with E-state index in [0.717, 1.165) is 12.8 Å². The quantitative estimate of drug-likeness (QED) is 0.862. The van der Waals surface area contributed by atoms with E-state index in [1.54, 1.807) is 25.1 Å². The lowest BCUT2D eigenvalue weighted by Gasteiger charge is -2.18. The molecular formula is C14H19FN2O. The lowest BCUT2D eigenvalue weighted by atomic mass is 10.2. The van der Waals surface area contributed by atoms with Gasteiger partial charge in [0.05, 0.1) is 5.69 Å². The first-order valence-electron chi connectivity index (χ1n) is 6.48. The first-order valence-corrected chi connectivity index (χ1v) is 6.48. The van der Waals surface area contributed by atoms with Crippen molar-refractivity contribution < 1.29 is 9.18 Å². The minimum atomic E-state index is -0.428. The minimum Gasteiger partial charge on any atom is -0.372 e. The van der Waals surface area contributed by atoms with Gasteiger partial charge in [-0.15, -0.1) is 0 Å². The molecule has 2 rings (SSSR count). The van der Waals surface area contributed by atoms with Crippen molar-refractivity contribution in [2.45, 2.75) is 44.7 Å². The molecule has 0 aromatic heterocycles. The van der Waals surface area contributed by atoms with E-state index in [1.807, 2.05) is 0 Å². The van der Waals surface area contributed by atoms with Crippen molar-refractivity contribution in [1.82, 2.24) is 5.32 Å². The summed E-state index contributed by atoms with van der Waals surface area (Å²) >= 11 is 0. The number of para-hydroxylation sites is 1. The van der Waals surface area contributed by atoms with Crippen molar-refractivity contribution in [1.29, 1.82) is 0 Å². The molecule has 0 radical (unpaired) electrons. The Hall–Kier alpha value is -1.58. The topological polar surface area (TPSA) is 41.1 Å². The average Bonchev–Trinajstić information content (AvgIpc) is 2.84. The minimum absolute atomic E-state index is 0.0647. The van der Waals surface area contributed by atoms with E-state index in [0.29, 0.717) is 11.7 Å². The number of hydrogen-bond donors (Lipinski definition) is 2. The zero-order valence-corrected chi connectivity index (χ0v) is 10.6. The van der Waals surface area contributed by atoms with Gasteiger partial charge in [-0.2, -0.15) is 0 Å². The van der Waals surface area contributed by atoms with Crippen molar-refractivity contribution in [3.05, 3.63) is 30.1 Å². The van der Waals surface area contributed by atoms with Gasteiger partial charge in [0.2, 0.25) is 5.91 Å². The van der Waals surface area contributed by atoms with E-state index in [2.05, 4.69) is 10.6 Å². The van der Waals surface area contributed by atoms with Crippen LogP contribution in [0.2, 0.25) is 0 Å². The molecule has 1 saturated carbocycles. The molecule has 1 fully saturated rings. The Kier molecular flexibility index (Phi) is 4.18. The molecule has 0 bridgehead atoms. The van der Waals surface area contributed by atoms with Gasteiger partial charge >= 0.3 is 0 Å². The Morgan fingerprint density at radius 1 is 1.33 bits per heavy atom. The van der Waals surface area contributed by atoms with E-state index in [1.165, 1.54) is 18.9 Å². The molecule has 4 heteroatoms. The van der Waals surface area contributed by atoms with Crippen LogP contribution in [-0.4, -0.2) is 18.0 Å². The number of benzene rings is 1. The van der Waals surface area contributed by atoms with E-state index >= 15 is 0 Å². The fourth-order valence-electron chi connectivity index (χ4n) is 2.27. The molecule has 0 spiro atoms. The van der Waals surface area contributed by atoms with Gasteiger partial charge in [-0.25, -0.2) is 4.39 Å². The fourth-order valence-corrected chi connectivity index (χ4v) is 2.27. The second-order valence-electron chi connectivity index (χ2n) is 4.84.